The van der Waals surface area contributed by atoms with Crippen molar-refractivity contribution in [3.8, 4) is 17.2 Å². The first-order chi connectivity index (χ1) is 18.6. The molecule has 0 radical (unpaired) electrons. The molecule has 38 heavy (non-hydrogen) atoms. The van der Waals surface area contributed by atoms with E-state index in [1.165, 1.54) is 12.0 Å². The van der Waals surface area contributed by atoms with Gasteiger partial charge in [0.25, 0.3) is 5.91 Å². The number of carbonyl (C=O) groups excluding carboxylic acids is 1. The zero-order chi connectivity index (χ0) is 27.0. The van der Waals surface area contributed by atoms with E-state index >= 15 is 0 Å². The van der Waals surface area contributed by atoms with Gasteiger partial charge in [-0.3, -0.25) is 4.79 Å². The molecule has 0 saturated carbocycles. The highest BCUT2D eigenvalue weighted by Crippen LogP contribution is 2.24. The van der Waals surface area contributed by atoms with Crippen LogP contribution in [0.5, 0.6) is 17.2 Å². The second-order valence-electron chi connectivity index (χ2n) is 9.32. The first-order valence-electron chi connectivity index (χ1n) is 13.2. The Morgan fingerprint density at radius 3 is 2.13 bits per heavy atom. The monoisotopic (exact) mass is 516 g/mol. The molecule has 0 aliphatic rings. The Labute approximate surface area is 227 Å². The molecule has 0 saturated heterocycles. The number of benzene rings is 3. The predicted molar refractivity (Wildman–Crippen MR) is 155 cm³/mol. The second-order valence-corrected chi connectivity index (χ2v) is 9.32. The number of hydrogen-bond acceptors (Lipinski definition) is 5. The van der Waals surface area contributed by atoms with E-state index in [1.54, 1.807) is 14.2 Å². The third-order valence-electron chi connectivity index (χ3n) is 6.18. The molecule has 1 amide bonds. The van der Waals surface area contributed by atoms with E-state index in [9.17, 15) is 4.79 Å². The first kappa shape index (κ1) is 28.8. The number of methoxy groups -OCH3 is 2. The van der Waals surface area contributed by atoms with Crippen LogP contribution in [-0.2, 0) is 11.3 Å². The highest BCUT2D eigenvalue weighted by atomic mass is 16.5. The summed E-state index contributed by atoms with van der Waals surface area (Å²) < 4.78 is 16.3. The van der Waals surface area contributed by atoms with Crippen molar-refractivity contribution in [1.82, 2.24) is 10.2 Å². The fourth-order valence-electron chi connectivity index (χ4n) is 4.06. The van der Waals surface area contributed by atoms with Crippen molar-refractivity contribution >= 4 is 18.1 Å². The summed E-state index contributed by atoms with van der Waals surface area (Å²) in [5.74, 6) is 2.06. The average molecular weight is 517 g/mol. The number of unbranched alkanes of at least 4 members (excludes halogenated alkanes) is 3. The van der Waals surface area contributed by atoms with E-state index in [0.29, 0.717) is 12.3 Å². The van der Waals surface area contributed by atoms with E-state index in [2.05, 4.69) is 41.5 Å². The van der Waals surface area contributed by atoms with Gasteiger partial charge >= 0.3 is 0 Å². The molecular weight excluding hydrogens is 476 g/mol. The molecule has 0 aliphatic carbocycles. The molecule has 0 aliphatic heterocycles. The third kappa shape index (κ3) is 10.7. The van der Waals surface area contributed by atoms with Crippen LogP contribution in [0.1, 0.15) is 42.4 Å². The summed E-state index contributed by atoms with van der Waals surface area (Å²) in [7, 11) is 5.43. The molecule has 202 valence electrons. The molecule has 0 bridgehead atoms. The minimum Gasteiger partial charge on any atom is -0.497 e. The molecule has 3 aromatic carbocycles. The van der Waals surface area contributed by atoms with Crippen LogP contribution in [0.25, 0.3) is 12.2 Å². The standard InChI is InChI=1S/C32H40N2O4/c1-34(24-27-11-7-6-8-12-27)20-10-5-4-9-19-33-32(35)25-38-29-17-15-26(16-18-29)13-14-28-21-30(36-2)23-31(22-28)37-3/h6-8,11-18,21-23H,4-5,9-10,19-20,24-25H2,1-3H3,(H,33,35)/b14-13+. The lowest BCUT2D eigenvalue weighted by molar-refractivity contribution is -0.123. The summed E-state index contributed by atoms with van der Waals surface area (Å²) in [6, 6.07) is 23.9. The van der Waals surface area contributed by atoms with Crippen LogP contribution in [-0.4, -0.2) is 51.8 Å². The van der Waals surface area contributed by atoms with Gasteiger partial charge in [-0.15, -0.1) is 0 Å². The van der Waals surface area contributed by atoms with E-state index < -0.39 is 0 Å². The first-order valence-corrected chi connectivity index (χ1v) is 13.2. The molecule has 1 N–H and O–H groups in total. The van der Waals surface area contributed by atoms with Gasteiger partial charge in [-0.05, 0) is 67.4 Å². The molecule has 0 spiro atoms. The van der Waals surface area contributed by atoms with Crippen LogP contribution in [0.2, 0.25) is 0 Å². The van der Waals surface area contributed by atoms with Crippen molar-refractivity contribution in [3.63, 3.8) is 0 Å². The molecule has 0 aromatic heterocycles. The van der Waals surface area contributed by atoms with Gasteiger partial charge in [0.2, 0.25) is 0 Å². The number of ether oxygens (including phenoxy) is 3. The molecule has 6 heteroatoms. The van der Waals surface area contributed by atoms with Crippen LogP contribution in [0.15, 0.2) is 72.8 Å². The Kier molecular flexibility index (Phi) is 12.2. The van der Waals surface area contributed by atoms with Crippen molar-refractivity contribution in [1.29, 1.82) is 0 Å². The van der Waals surface area contributed by atoms with E-state index in [0.717, 1.165) is 55.0 Å². The third-order valence-corrected chi connectivity index (χ3v) is 6.18. The van der Waals surface area contributed by atoms with Crippen molar-refractivity contribution < 1.29 is 19.0 Å². The lowest BCUT2D eigenvalue weighted by atomic mass is 10.1. The van der Waals surface area contributed by atoms with Gasteiger partial charge in [0.1, 0.15) is 17.2 Å². The fourth-order valence-corrected chi connectivity index (χ4v) is 4.06. The molecule has 0 atom stereocenters. The topological polar surface area (TPSA) is 60.0 Å². The number of rotatable bonds is 16. The predicted octanol–water partition coefficient (Wildman–Crippen LogP) is 6.06. The maximum absolute atomic E-state index is 12.1. The lowest BCUT2D eigenvalue weighted by Gasteiger charge is -2.16. The summed E-state index contributed by atoms with van der Waals surface area (Å²) in [5, 5.41) is 2.95. The SMILES string of the molecule is COc1cc(/C=C/c2ccc(OCC(=O)NCCCCCCN(C)Cc3ccccc3)cc2)cc(OC)c1. The van der Waals surface area contributed by atoms with Crippen LogP contribution in [0, 0.1) is 0 Å². The Morgan fingerprint density at radius 1 is 0.789 bits per heavy atom. The van der Waals surface area contributed by atoms with E-state index in [-0.39, 0.29) is 12.5 Å². The highest BCUT2D eigenvalue weighted by molar-refractivity contribution is 5.77. The van der Waals surface area contributed by atoms with Gasteiger partial charge < -0.3 is 24.4 Å². The van der Waals surface area contributed by atoms with Gasteiger partial charge in [-0.1, -0.05) is 67.5 Å². The van der Waals surface area contributed by atoms with Gasteiger partial charge in [0.15, 0.2) is 6.61 Å². The minimum absolute atomic E-state index is 0.0169. The average Bonchev–Trinajstić information content (AvgIpc) is 2.95. The van der Waals surface area contributed by atoms with Crippen molar-refractivity contribution in [3.05, 3.63) is 89.5 Å². The zero-order valence-electron chi connectivity index (χ0n) is 22.8. The molecule has 3 aromatic rings. The van der Waals surface area contributed by atoms with Gasteiger partial charge in [-0.2, -0.15) is 0 Å². The van der Waals surface area contributed by atoms with Gasteiger partial charge in [0, 0.05) is 19.2 Å². The van der Waals surface area contributed by atoms with E-state index in [1.807, 2.05) is 60.7 Å². The van der Waals surface area contributed by atoms with Gasteiger partial charge in [-0.25, -0.2) is 0 Å². The Bertz CT molecular complexity index is 1110. The van der Waals surface area contributed by atoms with Crippen LogP contribution < -0.4 is 19.5 Å². The molecule has 0 unspecified atom stereocenters. The van der Waals surface area contributed by atoms with Crippen LogP contribution in [0.4, 0.5) is 0 Å². The van der Waals surface area contributed by atoms with Crippen LogP contribution >= 0.6 is 0 Å². The second kappa shape index (κ2) is 16.2. The normalized spacial score (nSPS) is 11.1. The fraction of sp³-hybridized carbons (Fsp3) is 0.344. The smallest absolute Gasteiger partial charge is 0.257 e. The number of amides is 1. The van der Waals surface area contributed by atoms with Crippen LogP contribution in [0.3, 0.4) is 0 Å². The lowest BCUT2D eigenvalue weighted by Crippen LogP contribution is -2.29. The molecule has 0 heterocycles. The minimum atomic E-state index is -0.0939. The molecule has 0 fully saturated rings. The van der Waals surface area contributed by atoms with Gasteiger partial charge in [0.05, 0.1) is 14.2 Å². The molecule has 3 rings (SSSR count). The summed E-state index contributed by atoms with van der Waals surface area (Å²) in [6.07, 6.45) is 8.42. The summed E-state index contributed by atoms with van der Waals surface area (Å²) in [5.41, 5.74) is 3.35. The number of nitrogens with zero attached hydrogens (tertiary/aromatic N) is 1. The Hall–Kier alpha value is -3.77. The quantitative estimate of drug-likeness (QED) is 0.185. The zero-order valence-corrected chi connectivity index (χ0v) is 22.8. The number of nitrogens with one attached hydrogen (secondary N) is 1. The molecule has 6 nitrogen and oxygen atoms in total. The number of hydrogen-bond donors (Lipinski definition) is 1. The maximum Gasteiger partial charge on any atom is 0.257 e. The van der Waals surface area contributed by atoms with Crippen molar-refractivity contribution in [2.45, 2.75) is 32.2 Å². The van der Waals surface area contributed by atoms with Crippen molar-refractivity contribution in [2.24, 2.45) is 0 Å². The number of carbonyl (C=O) groups is 1. The summed E-state index contributed by atoms with van der Waals surface area (Å²) in [6.45, 7) is 2.76. The van der Waals surface area contributed by atoms with Crippen molar-refractivity contribution in [2.75, 3.05) is 41.0 Å². The Morgan fingerprint density at radius 2 is 1.45 bits per heavy atom. The Balaban J connectivity index is 1.27. The summed E-state index contributed by atoms with van der Waals surface area (Å²) >= 11 is 0. The van der Waals surface area contributed by atoms with E-state index in [4.69, 9.17) is 14.2 Å². The highest BCUT2D eigenvalue weighted by Gasteiger charge is 2.04. The molecular formula is C32H40N2O4. The maximum atomic E-state index is 12.1. The largest absolute Gasteiger partial charge is 0.497 e. The summed E-state index contributed by atoms with van der Waals surface area (Å²) in [4.78, 5) is 14.5.